The van der Waals surface area contributed by atoms with Crippen molar-refractivity contribution in [3.63, 3.8) is 0 Å². The van der Waals surface area contributed by atoms with E-state index < -0.39 is 6.04 Å². The number of fused-ring (bicyclic) bond motifs is 1. The highest BCUT2D eigenvalue weighted by Crippen LogP contribution is 2.31. The van der Waals surface area contributed by atoms with Gasteiger partial charge < -0.3 is 25.2 Å². The maximum absolute atomic E-state index is 14.5. The highest BCUT2D eigenvalue weighted by Gasteiger charge is 2.34. The SMILES string of the molecule is CCN(C)C(=O)COC[C@@H](Cc1ccccc1)N(C)C(=O)[C@@H](CC1=CC2=CC=CCC2C=C1)N(C)C(=O)c1cccc(CN)c1. The number of hydrogen-bond acceptors (Lipinski definition) is 5. The van der Waals surface area contributed by atoms with E-state index in [0.717, 1.165) is 23.1 Å². The van der Waals surface area contributed by atoms with E-state index in [1.54, 1.807) is 48.0 Å². The molecule has 0 heterocycles. The number of carbonyl (C=O) groups excluding carboxylic acids is 3. The summed E-state index contributed by atoms with van der Waals surface area (Å²) >= 11 is 0. The molecule has 0 saturated carbocycles. The lowest BCUT2D eigenvalue weighted by atomic mass is 9.84. The summed E-state index contributed by atoms with van der Waals surface area (Å²) in [6.45, 7) is 2.91. The zero-order chi connectivity index (χ0) is 32.3. The molecule has 8 nitrogen and oxygen atoms in total. The Hall–Kier alpha value is -4.27. The first-order valence-corrected chi connectivity index (χ1v) is 15.7. The van der Waals surface area contributed by atoms with E-state index in [0.29, 0.717) is 37.4 Å². The number of carbonyl (C=O) groups is 3. The van der Waals surface area contributed by atoms with Gasteiger partial charge in [0.25, 0.3) is 5.91 Å². The summed E-state index contributed by atoms with van der Waals surface area (Å²) in [5.74, 6) is -0.236. The Labute approximate surface area is 267 Å². The number of nitrogens with zero attached hydrogens (tertiary/aromatic N) is 3. The molecule has 2 aromatic rings. The van der Waals surface area contributed by atoms with Gasteiger partial charge in [0, 0.05) is 52.1 Å². The van der Waals surface area contributed by atoms with E-state index in [4.69, 9.17) is 10.5 Å². The van der Waals surface area contributed by atoms with Gasteiger partial charge in [-0.25, -0.2) is 0 Å². The van der Waals surface area contributed by atoms with Gasteiger partial charge in [-0.15, -0.1) is 0 Å². The quantitative estimate of drug-likeness (QED) is 0.339. The first-order chi connectivity index (χ1) is 21.7. The van der Waals surface area contributed by atoms with Crippen LogP contribution in [0.1, 0.15) is 41.3 Å². The van der Waals surface area contributed by atoms with Gasteiger partial charge in [0.05, 0.1) is 12.6 Å². The topological polar surface area (TPSA) is 96.2 Å². The number of ether oxygens (including phenoxy) is 1. The summed E-state index contributed by atoms with van der Waals surface area (Å²) in [4.78, 5) is 45.6. The second kappa shape index (κ2) is 16.2. The van der Waals surface area contributed by atoms with Crippen LogP contribution in [0.5, 0.6) is 0 Å². The highest BCUT2D eigenvalue weighted by molar-refractivity contribution is 5.97. The summed E-state index contributed by atoms with van der Waals surface area (Å²) in [5, 5.41) is 0. The normalized spacial score (nSPS) is 16.6. The monoisotopic (exact) mass is 610 g/mol. The van der Waals surface area contributed by atoms with Crippen molar-refractivity contribution >= 4 is 17.7 Å². The molecular formula is C37H46N4O4. The fourth-order valence-corrected chi connectivity index (χ4v) is 5.61. The van der Waals surface area contributed by atoms with Gasteiger partial charge in [-0.3, -0.25) is 14.4 Å². The van der Waals surface area contributed by atoms with Crippen LogP contribution < -0.4 is 5.73 Å². The summed E-state index contributed by atoms with van der Waals surface area (Å²) in [6.07, 6.45) is 14.6. The largest absolute Gasteiger partial charge is 0.369 e. The summed E-state index contributed by atoms with van der Waals surface area (Å²) in [5.41, 5.74) is 10.4. The van der Waals surface area contributed by atoms with Crippen LogP contribution in [0.25, 0.3) is 0 Å². The van der Waals surface area contributed by atoms with Crippen molar-refractivity contribution in [2.24, 2.45) is 11.7 Å². The minimum atomic E-state index is -0.776. The molecule has 0 bridgehead atoms. The Balaban J connectivity index is 1.62. The van der Waals surface area contributed by atoms with Crippen LogP contribution in [0.4, 0.5) is 0 Å². The maximum atomic E-state index is 14.5. The molecule has 0 aliphatic heterocycles. The molecule has 0 saturated heterocycles. The number of allylic oxidation sites excluding steroid dienone is 7. The molecule has 0 aromatic heterocycles. The van der Waals surface area contributed by atoms with Gasteiger partial charge in [-0.1, -0.05) is 78.9 Å². The number of hydrogen-bond donors (Lipinski definition) is 1. The fourth-order valence-electron chi connectivity index (χ4n) is 5.61. The van der Waals surface area contributed by atoms with E-state index in [-0.39, 0.29) is 37.0 Å². The van der Waals surface area contributed by atoms with Crippen molar-refractivity contribution in [1.82, 2.24) is 14.7 Å². The van der Waals surface area contributed by atoms with Crippen molar-refractivity contribution in [3.8, 4) is 0 Å². The molecule has 2 aliphatic carbocycles. The van der Waals surface area contributed by atoms with Gasteiger partial charge in [-0.05, 0) is 54.2 Å². The van der Waals surface area contributed by atoms with E-state index in [1.165, 1.54) is 5.57 Å². The number of nitrogens with two attached hydrogens (primary N) is 1. The molecule has 0 fully saturated rings. The van der Waals surface area contributed by atoms with Crippen LogP contribution in [0.2, 0.25) is 0 Å². The van der Waals surface area contributed by atoms with Crippen molar-refractivity contribution in [2.45, 2.75) is 44.8 Å². The van der Waals surface area contributed by atoms with Crippen LogP contribution in [0.15, 0.2) is 102 Å². The van der Waals surface area contributed by atoms with Crippen LogP contribution in [0, 0.1) is 5.92 Å². The molecule has 0 radical (unpaired) electrons. The Bertz CT molecular complexity index is 1460. The third-order valence-corrected chi connectivity index (χ3v) is 8.69. The molecule has 2 N–H and O–H groups in total. The van der Waals surface area contributed by atoms with E-state index >= 15 is 0 Å². The lowest BCUT2D eigenvalue weighted by Gasteiger charge is -2.36. The van der Waals surface area contributed by atoms with Crippen molar-refractivity contribution in [1.29, 1.82) is 0 Å². The second-order valence-corrected chi connectivity index (χ2v) is 11.8. The van der Waals surface area contributed by atoms with E-state index in [9.17, 15) is 14.4 Å². The molecule has 3 amide bonds. The lowest BCUT2D eigenvalue weighted by molar-refractivity contribution is -0.139. The molecule has 238 valence electrons. The maximum Gasteiger partial charge on any atom is 0.254 e. The van der Waals surface area contributed by atoms with Crippen molar-refractivity contribution < 1.29 is 19.1 Å². The molecule has 4 rings (SSSR count). The Morgan fingerprint density at radius 1 is 0.978 bits per heavy atom. The Morgan fingerprint density at radius 3 is 2.47 bits per heavy atom. The van der Waals surface area contributed by atoms with Gasteiger partial charge in [0.15, 0.2) is 0 Å². The second-order valence-electron chi connectivity index (χ2n) is 11.8. The van der Waals surface area contributed by atoms with Crippen LogP contribution in [-0.4, -0.2) is 85.4 Å². The van der Waals surface area contributed by atoms with E-state index in [2.05, 4.69) is 36.5 Å². The van der Waals surface area contributed by atoms with Crippen molar-refractivity contribution in [2.75, 3.05) is 40.9 Å². The summed E-state index contributed by atoms with van der Waals surface area (Å²) in [6, 6.07) is 16.0. The third-order valence-electron chi connectivity index (χ3n) is 8.69. The van der Waals surface area contributed by atoms with Crippen molar-refractivity contribution in [3.05, 3.63) is 119 Å². The molecule has 1 unspecified atom stereocenters. The standard InChI is InChI=1S/C37H46N4O4/c1-5-39(2)35(42)26-45-25-33(22-27-12-7-6-8-13-27)40(3)37(44)34(23-28-18-19-30-15-9-10-16-31(30)20-28)41(4)36(43)32-17-11-14-29(21-32)24-38/h6-14,16-21,30,33-34H,5,15,22-26,38H2,1-4H3/t30?,33-,34-/m1/s1. The number of benzene rings is 2. The molecule has 8 heteroatoms. The summed E-state index contributed by atoms with van der Waals surface area (Å²) in [7, 11) is 5.18. The van der Waals surface area contributed by atoms with Gasteiger partial charge in [0.2, 0.25) is 11.8 Å². The zero-order valence-electron chi connectivity index (χ0n) is 26.9. The number of likely N-dealkylation sites (N-methyl/N-ethyl adjacent to an activating group) is 3. The number of amides is 3. The lowest BCUT2D eigenvalue weighted by Crippen LogP contribution is -2.52. The Kier molecular flexibility index (Phi) is 12.1. The van der Waals surface area contributed by atoms with Crippen LogP contribution >= 0.6 is 0 Å². The predicted molar refractivity (Wildman–Crippen MR) is 178 cm³/mol. The fraction of sp³-hybridized carbons (Fsp3) is 0.378. The highest BCUT2D eigenvalue weighted by atomic mass is 16.5. The Morgan fingerprint density at radius 2 is 1.73 bits per heavy atom. The molecular weight excluding hydrogens is 564 g/mol. The van der Waals surface area contributed by atoms with Gasteiger partial charge in [0.1, 0.15) is 12.6 Å². The minimum absolute atomic E-state index is 0.0701. The third kappa shape index (κ3) is 8.90. The molecule has 45 heavy (non-hydrogen) atoms. The average molecular weight is 611 g/mol. The zero-order valence-corrected chi connectivity index (χ0v) is 26.9. The molecule has 2 aliphatic rings. The molecule has 0 spiro atoms. The van der Waals surface area contributed by atoms with E-state index in [1.807, 2.05) is 49.4 Å². The van der Waals surface area contributed by atoms with Crippen LogP contribution in [-0.2, 0) is 27.3 Å². The first-order valence-electron chi connectivity index (χ1n) is 15.7. The average Bonchev–Trinajstić information content (AvgIpc) is 3.08. The smallest absolute Gasteiger partial charge is 0.254 e. The van der Waals surface area contributed by atoms with Crippen LogP contribution in [0.3, 0.4) is 0 Å². The first kappa shape index (κ1) is 33.6. The van der Waals surface area contributed by atoms with Gasteiger partial charge in [-0.2, -0.15) is 0 Å². The number of rotatable bonds is 14. The van der Waals surface area contributed by atoms with Gasteiger partial charge >= 0.3 is 0 Å². The summed E-state index contributed by atoms with van der Waals surface area (Å²) < 4.78 is 5.90. The predicted octanol–water partition coefficient (Wildman–Crippen LogP) is 4.54. The minimum Gasteiger partial charge on any atom is -0.369 e. The molecule has 2 aromatic carbocycles. The molecule has 3 atom stereocenters.